The molecule has 1 aromatic carbocycles. The summed E-state index contributed by atoms with van der Waals surface area (Å²) in [4.78, 5) is 5.14. The van der Waals surface area contributed by atoms with Crippen molar-refractivity contribution < 1.29 is 4.21 Å². The van der Waals surface area contributed by atoms with Crippen molar-refractivity contribution in [3.05, 3.63) is 58.3 Å². The Kier molecular flexibility index (Phi) is 12.1. The molecule has 0 fully saturated rings. The van der Waals surface area contributed by atoms with Crippen LogP contribution in [0.3, 0.4) is 0 Å². The summed E-state index contributed by atoms with van der Waals surface area (Å²) in [6.07, 6.45) is 1.72. The molecule has 3 aromatic rings. The quantitative estimate of drug-likeness (QED) is 0.428. The topological polar surface area (TPSA) is 34.9 Å². The zero-order valence-electron chi connectivity index (χ0n) is 17.1. The van der Waals surface area contributed by atoms with E-state index >= 15 is 0 Å². The van der Waals surface area contributed by atoms with Crippen molar-refractivity contribution in [2.24, 2.45) is 0 Å². The third-order valence-corrected chi connectivity index (χ3v) is 5.33. The second-order valence-corrected chi connectivity index (χ2v) is 6.86. The predicted octanol–water partition coefficient (Wildman–Crippen LogP) is 7.07. The van der Waals surface area contributed by atoms with Gasteiger partial charge in [0.1, 0.15) is 0 Å². The summed E-state index contributed by atoms with van der Waals surface area (Å²) in [6.45, 7) is 16.0. The third kappa shape index (κ3) is 5.78. The second kappa shape index (κ2) is 12.8. The summed E-state index contributed by atoms with van der Waals surface area (Å²) >= 11 is 3.51. The van der Waals surface area contributed by atoms with Gasteiger partial charge in [-0.05, 0) is 54.0 Å². The third-order valence-electron chi connectivity index (χ3n) is 3.17. The lowest BCUT2D eigenvalue weighted by atomic mass is 10.2. The van der Waals surface area contributed by atoms with Gasteiger partial charge in [-0.2, -0.15) is 0 Å². The van der Waals surface area contributed by atoms with Gasteiger partial charge in [-0.15, -0.1) is 0 Å². The summed E-state index contributed by atoms with van der Waals surface area (Å²) in [6, 6.07) is 11.6. The minimum absolute atomic E-state index is 0.732. The van der Waals surface area contributed by atoms with E-state index in [1.54, 1.807) is 10.2 Å². The highest BCUT2D eigenvalue weighted by Crippen LogP contribution is 2.27. The maximum atomic E-state index is 12.8. The van der Waals surface area contributed by atoms with E-state index in [0.717, 1.165) is 31.7 Å². The highest BCUT2D eigenvalue weighted by molar-refractivity contribution is 9.10. The fourth-order valence-corrected chi connectivity index (χ4v) is 3.75. The van der Waals surface area contributed by atoms with Crippen molar-refractivity contribution >= 4 is 37.9 Å². The van der Waals surface area contributed by atoms with Crippen LogP contribution < -0.4 is 0 Å². The fourth-order valence-electron chi connectivity index (χ4n) is 2.14. The monoisotopic (exact) mass is 438 g/mol. The van der Waals surface area contributed by atoms with Crippen LogP contribution in [0.4, 0.5) is 0 Å². The Morgan fingerprint density at radius 2 is 1.46 bits per heavy atom. The van der Waals surface area contributed by atoms with Gasteiger partial charge in [0.05, 0.1) is 4.90 Å². The molecular weight excluding hydrogens is 408 g/mol. The van der Waals surface area contributed by atoms with E-state index in [0.29, 0.717) is 0 Å². The number of benzene rings is 1. The number of aryl methyl sites for hydroxylation is 2. The lowest BCUT2D eigenvalue weighted by Crippen LogP contribution is -2.07. The number of halogens is 1. The van der Waals surface area contributed by atoms with Gasteiger partial charge in [0, 0.05) is 21.7 Å². The van der Waals surface area contributed by atoms with Crippen molar-refractivity contribution in [3.63, 3.8) is 0 Å². The molecule has 2 aromatic heterocycles. The number of rotatable bonds is 2. The first-order chi connectivity index (χ1) is 12.6. The number of hydrogen-bond acceptors (Lipinski definition) is 2. The molecule has 5 heteroatoms. The van der Waals surface area contributed by atoms with Crippen molar-refractivity contribution in [1.29, 1.82) is 0 Å². The first-order valence-corrected chi connectivity index (χ1v) is 11.1. The molecule has 0 N–H and O–H groups in total. The largest absolute Gasteiger partial charge is 0.243 e. The van der Waals surface area contributed by atoms with Gasteiger partial charge in [0.15, 0.2) is 16.6 Å². The van der Waals surface area contributed by atoms with Gasteiger partial charge in [0.2, 0.25) is 0 Å². The lowest BCUT2D eigenvalue weighted by molar-refractivity contribution is 0.677. The van der Waals surface area contributed by atoms with E-state index in [-0.39, 0.29) is 0 Å². The van der Waals surface area contributed by atoms with Crippen LogP contribution >= 0.6 is 15.9 Å². The highest BCUT2D eigenvalue weighted by Gasteiger charge is 2.15. The summed E-state index contributed by atoms with van der Waals surface area (Å²) < 4.78 is 15.5. The normalized spacial score (nSPS) is 10.5. The first-order valence-electron chi connectivity index (χ1n) is 9.19. The molecule has 3 nitrogen and oxygen atoms in total. The summed E-state index contributed by atoms with van der Waals surface area (Å²) in [5, 5.41) is 0.977. The van der Waals surface area contributed by atoms with E-state index < -0.39 is 11.0 Å². The van der Waals surface area contributed by atoms with Gasteiger partial charge in [0.25, 0.3) is 0 Å². The van der Waals surface area contributed by atoms with E-state index in [1.165, 1.54) is 0 Å². The molecule has 0 saturated carbocycles. The fraction of sp³-hybridized carbons (Fsp3) is 0.381. The average molecular weight is 439 g/mol. The average Bonchev–Trinajstić information content (AvgIpc) is 3.04. The molecule has 0 saturated heterocycles. The van der Waals surface area contributed by atoms with Crippen LogP contribution in [0, 0.1) is 13.8 Å². The summed E-state index contributed by atoms with van der Waals surface area (Å²) in [5.74, 6) is 0. The smallest absolute Gasteiger partial charge is 0.158 e. The predicted molar refractivity (Wildman–Crippen MR) is 119 cm³/mol. The number of pyridine rings is 1. The Labute approximate surface area is 169 Å². The molecule has 26 heavy (non-hydrogen) atoms. The zero-order valence-corrected chi connectivity index (χ0v) is 19.5. The molecule has 0 radical (unpaired) electrons. The molecule has 0 spiro atoms. The number of nitrogens with zero attached hydrogens (tertiary/aromatic N) is 2. The Hall–Kier alpha value is -1.46. The molecule has 0 amide bonds. The summed E-state index contributed by atoms with van der Waals surface area (Å²) in [7, 11) is -1.29. The SMILES string of the molecule is CC.CC.CC.Cc1ccc(S(=O)n2c(C)cc3c(Br)ccnc32)cc1. The van der Waals surface area contributed by atoms with Crippen LogP contribution in [0.25, 0.3) is 11.0 Å². The van der Waals surface area contributed by atoms with Gasteiger partial charge in [-0.25, -0.2) is 13.2 Å². The Bertz CT molecular complexity index is 811. The molecule has 0 bridgehead atoms. The summed E-state index contributed by atoms with van der Waals surface area (Å²) in [5.41, 5.74) is 2.81. The molecule has 1 unspecified atom stereocenters. The Morgan fingerprint density at radius 1 is 0.923 bits per heavy atom. The minimum atomic E-state index is -1.29. The van der Waals surface area contributed by atoms with E-state index in [9.17, 15) is 4.21 Å². The van der Waals surface area contributed by atoms with Crippen molar-refractivity contribution in [1.82, 2.24) is 8.96 Å². The zero-order chi connectivity index (χ0) is 20.3. The van der Waals surface area contributed by atoms with Crippen LogP contribution in [0.5, 0.6) is 0 Å². The highest BCUT2D eigenvalue weighted by atomic mass is 79.9. The first kappa shape index (κ1) is 24.5. The Morgan fingerprint density at radius 3 is 2.00 bits per heavy atom. The van der Waals surface area contributed by atoms with Crippen molar-refractivity contribution in [3.8, 4) is 0 Å². The van der Waals surface area contributed by atoms with Crippen LogP contribution in [-0.4, -0.2) is 13.2 Å². The van der Waals surface area contributed by atoms with Crippen LogP contribution in [0.2, 0.25) is 0 Å². The van der Waals surface area contributed by atoms with Gasteiger partial charge in [-0.1, -0.05) is 59.2 Å². The number of aromatic nitrogens is 2. The van der Waals surface area contributed by atoms with Gasteiger partial charge in [-0.3, -0.25) is 0 Å². The van der Waals surface area contributed by atoms with E-state index in [4.69, 9.17) is 0 Å². The Balaban J connectivity index is 0.000000948. The molecular formula is C21H31BrN2OS. The van der Waals surface area contributed by atoms with Crippen molar-refractivity contribution in [2.75, 3.05) is 0 Å². The molecule has 0 aliphatic heterocycles. The molecule has 0 aliphatic rings. The second-order valence-electron chi connectivity index (χ2n) is 4.67. The maximum Gasteiger partial charge on any atom is 0.158 e. The molecule has 144 valence electrons. The minimum Gasteiger partial charge on any atom is -0.243 e. The van der Waals surface area contributed by atoms with E-state index in [1.807, 2.05) is 91.8 Å². The van der Waals surface area contributed by atoms with Crippen LogP contribution in [0.1, 0.15) is 52.8 Å². The number of hydrogen-bond donors (Lipinski definition) is 0. The molecule has 1 atom stereocenters. The van der Waals surface area contributed by atoms with Crippen LogP contribution in [0.15, 0.2) is 52.0 Å². The standard InChI is InChI=1S/C15H13BrN2OS.3C2H6/c1-10-3-5-12(6-4-10)20(19)18-11(2)9-13-14(16)7-8-17-15(13)18;3*1-2/h3-9H,1-2H3;3*1-2H3. The van der Waals surface area contributed by atoms with E-state index in [2.05, 4.69) is 20.9 Å². The maximum absolute atomic E-state index is 12.8. The van der Waals surface area contributed by atoms with Gasteiger partial charge < -0.3 is 0 Å². The van der Waals surface area contributed by atoms with Crippen molar-refractivity contribution in [2.45, 2.75) is 60.3 Å². The lowest BCUT2D eigenvalue weighted by Gasteiger charge is -2.07. The molecule has 0 aliphatic carbocycles. The molecule has 2 heterocycles. The van der Waals surface area contributed by atoms with Gasteiger partial charge >= 0.3 is 0 Å². The van der Waals surface area contributed by atoms with Crippen LogP contribution in [-0.2, 0) is 11.0 Å². The number of fused-ring (bicyclic) bond motifs is 1. The molecule has 3 rings (SSSR count).